The summed E-state index contributed by atoms with van der Waals surface area (Å²) in [5.74, 6) is 0.910. The van der Waals surface area contributed by atoms with Crippen LogP contribution in [0.1, 0.15) is 13.3 Å². The summed E-state index contributed by atoms with van der Waals surface area (Å²) in [6.07, 6.45) is -0.463. The molecule has 0 aliphatic rings. The molecule has 0 aromatic rings. The number of thiol groups is 2. The van der Waals surface area contributed by atoms with Gasteiger partial charge in [-0.25, -0.2) is 0 Å². The molecule has 5 heteroatoms. The Hall–Kier alpha value is 0.290. The van der Waals surface area contributed by atoms with Crippen LogP contribution in [0.4, 0.5) is 0 Å². The number of hydrogen-bond acceptors (Lipinski definition) is 5. The van der Waals surface area contributed by atoms with Crippen molar-refractivity contribution in [3.63, 3.8) is 0 Å². The maximum Gasteiger partial charge on any atom is 0.158 e. The molecule has 13 heavy (non-hydrogen) atoms. The molecule has 0 aromatic heterocycles. The summed E-state index contributed by atoms with van der Waals surface area (Å²) in [5, 5.41) is 9.13. The highest BCUT2D eigenvalue weighted by atomic mass is 32.1. The van der Waals surface area contributed by atoms with E-state index in [1.807, 2.05) is 0 Å². The van der Waals surface area contributed by atoms with Gasteiger partial charge in [0.2, 0.25) is 0 Å². The summed E-state index contributed by atoms with van der Waals surface area (Å²) < 4.78 is 5.20. The molecule has 78 valence electrons. The van der Waals surface area contributed by atoms with Gasteiger partial charge in [0.1, 0.15) is 6.10 Å². The molecular formula is C8H16O3S2. The predicted molar refractivity (Wildman–Crippen MR) is 58.8 cm³/mol. The third kappa shape index (κ3) is 6.37. The van der Waals surface area contributed by atoms with Gasteiger partial charge < -0.3 is 9.84 Å². The van der Waals surface area contributed by atoms with Gasteiger partial charge in [-0.2, -0.15) is 25.3 Å². The number of carbonyl (C=O) groups excluding carboxylic acids is 1. The average Bonchev–Trinajstić information content (AvgIpc) is 2.11. The smallest absolute Gasteiger partial charge is 0.158 e. The Labute approximate surface area is 89.7 Å². The largest absolute Gasteiger partial charge is 0.390 e. The number of aliphatic hydroxyl groups is 1. The van der Waals surface area contributed by atoms with Crippen molar-refractivity contribution in [2.45, 2.75) is 25.6 Å². The number of hydrogen-bond donors (Lipinski definition) is 3. The third-order valence-electron chi connectivity index (χ3n) is 1.55. The Bertz CT molecular complexity index is 152. The molecule has 0 radical (unpaired) electrons. The first-order valence-electron chi connectivity index (χ1n) is 4.13. The fourth-order valence-corrected chi connectivity index (χ4v) is 1.14. The number of rotatable bonds is 7. The maximum absolute atomic E-state index is 11.0. The summed E-state index contributed by atoms with van der Waals surface area (Å²) in [7, 11) is 0. The van der Waals surface area contributed by atoms with E-state index in [0.29, 0.717) is 17.9 Å². The van der Waals surface area contributed by atoms with Crippen LogP contribution in [0.2, 0.25) is 0 Å². The number of ketones is 1. The number of carbonyl (C=O) groups is 1. The maximum atomic E-state index is 11.0. The molecule has 0 rings (SSSR count). The molecule has 0 aliphatic carbocycles. The van der Waals surface area contributed by atoms with Crippen molar-refractivity contribution < 1.29 is 14.6 Å². The van der Waals surface area contributed by atoms with Crippen molar-refractivity contribution >= 4 is 31.0 Å². The second kappa shape index (κ2) is 7.67. The lowest BCUT2D eigenvalue weighted by Crippen LogP contribution is -2.28. The lowest BCUT2D eigenvalue weighted by atomic mass is 10.2. The first kappa shape index (κ1) is 13.3. The van der Waals surface area contributed by atoms with E-state index >= 15 is 0 Å². The van der Waals surface area contributed by atoms with Gasteiger partial charge in [0.05, 0.1) is 12.7 Å². The molecule has 3 nitrogen and oxygen atoms in total. The Kier molecular flexibility index (Phi) is 7.84. The molecule has 0 aromatic carbocycles. The lowest BCUT2D eigenvalue weighted by molar-refractivity contribution is -0.130. The van der Waals surface area contributed by atoms with Crippen LogP contribution in [0.5, 0.6) is 0 Å². The monoisotopic (exact) mass is 224 g/mol. The summed E-state index contributed by atoms with van der Waals surface area (Å²) >= 11 is 7.90. The van der Waals surface area contributed by atoms with Crippen LogP contribution in [-0.2, 0) is 9.53 Å². The van der Waals surface area contributed by atoms with E-state index in [0.717, 1.165) is 0 Å². The quantitative estimate of drug-likeness (QED) is 0.554. The van der Waals surface area contributed by atoms with Crippen LogP contribution < -0.4 is 0 Å². The molecule has 0 bridgehead atoms. The molecule has 0 saturated carbocycles. The van der Waals surface area contributed by atoms with Crippen LogP contribution in [0.25, 0.3) is 0 Å². The molecule has 0 spiro atoms. The highest BCUT2D eigenvalue weighted by Crippen LogP contribution is 2.03. The zero-order chi connectivity index (χ0) is 10.3. The van der Waals surface area contributed by atoms with Gasteiger partial charge >= 0.3 is 0 Å². The van der Waals surface area contributed by atoms with Gasteiger partial charge in [0.15, 0.2) is 5.78 Å². The summed E-state index contributed by atoms with van der Waals surface area (Å²) in [5.41, 5.74) is 0. The minimum absolute atomic E-state index is 0.0274. The first-order valence-corrected chi connectivity index (χ1v) is 5.40. The van der Waals surface area contributed by atoms with E-state index in [1.165, 1.54) is 6.92 Å². The molecule has 0 amide bonds. The zero-order valence-electron chi connectivity index (χ0n) is 7.64. The second-order valence-corrected chi connectivity index (χ2v) is 3.59. The van der Waals surface area contributed by atoms with Gasteiger partial charge in [-0.15, -0.1) is 0 Å². The minimum Gasteiger partial charge on any atom is -0.390 e. The molecular weight excluding hydrogens is 208 g/mol. The summed E-state index contributed by atoms with van der Waals surface area (Å²) in [4.78, 5) is 11.0. The molecule has 1 unspecified atom stereocenters. The molecule has 0 fully saturated rings. The lowest BCUT2D eigenvalue weighted by Gasteiger charge is -2.15. The van der Waals surface area contributed by atoms with Crippen molar-refractivity contribution in [2.75, 3.05) is 18.1 Å². The normalized spacial score (nSPS) is 15.4. The fourth-order valence-electron chi connectivity index (χ4n) is 0.801. The number of aliphatic hydroxyl groups excluding tert-OH is 1. The van der Waals surface area contributed by atoms with Gasteiger partial charge in [-0.3, -0.25) is 4.79 Å². The van der Waals surface area contributed by atoms with E-state index in [9.17, 15) is 4.79 Å². The Morgan fingerprint density at radius 1 is 1.54 bits per heavy atom. The van der Waals surface area contributed by atoms with Gasteiger partial charge in [-0.1, -0.05) is 0 Å². The van der Waals surface area contributed by atoms with Crippen LogP contribution in [0.3, 0.4) is 0 Å². The van der Waals surface area contributed by atoms with E-state index in [2.05, 4.69) is 25.3 Å². The standard InChI is InChI=1S/C8H16O3S2/c1-6(9)8(2-3-12)11-4-7(10)5-13/h7-8,10,12-13H,2-5H2,1H3/t7?,8-/m0/s1. The van der Waals surface area contributed by atoms with Crippen LogP contribution in [0.15, 0.2) is 0 Å². The van der Waals surface area contributed by atoms with Crippen molar-refractivity contribution in [2.24, 2.45) is 0 Å². The molecule has 1 N–H and O–H groups in total. The highest BCUT2D eigenvalue weighted by molar-refractivity contribution is 7.80. The molecule has 0 heterocycles. The molecule has 2 atom stereocenters. The van der Waals surface area contributed by atoms with E-state index in [-0.39, 0.29) is 12.4 Å². The Balaban J connectivity index is 3.75. The highest BCUT2D eigenvalue weighted by Gasteiger charge is 2.15. The SMILES string of the molecule is CC(=O)[C@H](CCS)OCC(O)CS. The number of Topliss-reactive ketones (excluding diaryl/α,β-unsaturated/α-hetero) is 1. The van der Waals surface area contributed by atoms with E-state index < -0.39 is 12.2 Å². The molecule has 0 aliphatic heterocycles. The topological polar surface area (TPSA) is 46.5 Å². The van der Waals surface area contributed by atoms with Crippen molar-refractivity contribution in [3.8, 4) is 0 Å². The third-order valence-corrected chi connectivity index (χ3v) is 2.22. The van der Waals surface area contributed by atoms with Crippen molar-refractivity contribution in [3.05, 3.63) is 0 Å². The zero-order valence-corrected chi connectivity index (χ0v) is 9.43. The van der Waals surface area contributed by atoms with Crippen LogP contribution in [-0.4, -0.2) is 41.2 Å². The van der Waals surface area contributed by atoms with Crippen molar-refractivity contribution in [1.29, 1.82) is 0 Å². The minimum atomic E-state index is -0.606. The van der Waals surface area contributed by atoms with Gasteiger partial charge in [-0.05, 0) is 19.1 Å². The summed E-state index contributed by atoms with van der Waals surface area (Å²) in [6.45, 7) is 1.63. The average molecular weight is 224 g/mol. The van der Waals surface area contributed by atoms with Crippen LogP contribution >= 0.6 is 25.3 Å². The van der Waals surface area contributed by atoms with Crippen molar-refractivity contribution in [1.82, 2.24) is 0 Å². The Morgan fingerprint density at radius 3 is 2.54 bits per heavy atom. The Morgan fingerprint density at radius 2 is 2.15 bits per heavy atom. The fraction of sp³-hybridized carbons (Fsp3) is 0.875. The predicted octanol–water partition coefficient (Wildman–Crippen LogP) is 0.571. The summed E-state index contributed by atoms with van der Waals surface area (Å²) in [6, 6.07) is 0. The van der Waals surface area contributed by atoms with Gasteiger partial charge in [0, 0.05) is 5.75 Å². The van der Waals surface area contributed by atoms with Crippen LogP contribution in [0, 0.1) is 0 Å². The van der Waals surface area contributed by atoms with Gasteiger partial charge in [0.25, 0.3) is 0 Å². The van der Waals surface area contributed by atoms with E-state index in [1.54, 1.807) is 0 Å². The first-order chi connectivity index (χ1) is 6.11. The van der Waals surface area contributed by atoms with E-state index in [4.69, 9.17) is 9.84 Å². The molecule has 0 saturated heterocycles. The number of ether oxygens (including phenoxy) is 1. The second-order valence-electron chi connectivity index (χ2n) is 2.78.